The molecule has 0 aliphatic carbocycles. The smallest absolute Gasteiger partial charge is 0.0348 e. The first kappa shape index (κ1) is 9.61. The van der Waals surface area contributed by atoms with E-state index in [9.17, 15) is 0 Å². The maximum atomic E-state index is 2.27. The van der Waals surface area contributed by atoms with Crippen LogP contribution in [-0.2, 0) is 0 Å². The van der Waals surface area contributed by atoms with Crippen molar-refractivity contribution in [1.29, 1.82) is 0 Å². The zero-order chi connectivity index (χ0) is 11.0. The van der Waals surface area contributed by atoms with Gasteiger partial charge in [0.15, 0.2) is 0 Å². The fourth-order valence-electron chi connectivity index (χ4n) is 1.88. The average molecular weight is 224 g/mol. The van der Waals surface area contributed by atoms with Crippen molar-refractivity contribution in [1.82, 2.24) is 0 Å². The molecule has 16 heavy (non-hydrogen) atoms. The van der Waals surface area contributed by atoms with E-state index in [2.05, 4.69) is 60.8 Å². The van der Waals surface area contributed by atoms with Gasteiger partial charge in [0.2, 0.25) is 0 Å². The van der Waals surface area contributed by atoms with Gasteiger partial charge in [0.05, 0.1) is 0 Å². The number of fused-ring (bicyclic) bond motifs is 1. The quantitative estimate of drug-likeness (QED) is 0.553. The van der Waals surface area contributed by atoms with Crippen LogP contribution >= 0.6 is 11.3 Å². The van der Waals surface area contributed by atoms with E-state index in [-0.39, 0.29) is 0 Å². The molecule has 0 saturated carbocycles. The summed E-state index contributed by atoms with van der Waals surface area (Å²) in [5, 5.41) is 3.48. The summed E-state index contributed by atoms with van der Waals surface area (Å²) in [4.78, 5) is 0. The number of thiophene rings is 1. The molecule has 0 fully saturated rings. The third kappa shape index (κ3) is 1.63. The summed E-state index contributed by atoms with van der Waals surface area (Å²) in [5.41, 5.74) is 3.90. The second-order valence-electron chi connectivity index (χ2n) is 4.04. The molecule has 78 valence electrons. The van der Waals surface area contributed by atoms with Gasteiger partial charge in [0.1, 0.15) is 0 Å². The Bertz CT molecular complexity index is 617. The summed E-state index contributed by atoms with van der Waals surface area (Å²) in [7, 11) is 0. The van der Waals surface area contributed by atoms with E-state index in [0.29, 0.717) is 0 Å². The summed E-state index contributed by atoms with van der Waals surface area (Å²) in [5.74, 6) is 0. The van der Waals surface area contributed by atoms with E-state index in [1.807, 2.05) is 0 Å². The van der Waals surface area contributed by atoms with Gasteiger partial charge in [-0.2, -0.15) is 0 Å². The second-order valence-corrected chi connectivity index (χ2v) is 4.99. The molecule has 0 N–H and O–H groups in total. The molecule has 0 aliphatic rings. The average Bonchev–Trinajstić information content (AvgIpc) is 2.77. The van der Waals surface area contributed by atoms with E-state index >= 15 is 0 Å². The van der Waals surface area contributed by atoms with Gasteiger partial charge in [0, 0.05) is 4.70 Å². The fourth-order valence-corrected chi connectivity index (χ4v) is 2.71. The Hall–Kier alpha value is -1.60. The zero-order valence-electron chi connectivity index (χ0n) is 9.10. The minimum Gasteiger partial charge on any atom is -0.144 e. The second kappa shape index (κ2) is 3.76. The molecular formula is C15H12S. The first-order valence-corrected chi connectivity index (χ1v) is 6.25. The van der Waals surface area contributed by atoms with E-state index < -0.39 is 0 Å². The van der Waals surface area contributed by atoms with Gasteiger partial charge in [-0.05, 0) is 40.9 Å². The maximum Gasteiger partial charge on any atom is 0.0348 e. The third-order valence-electron chi connectivity index (χ3n) is 2.84. The van der Waals surface area contributed by atoms with Crippen molar-refractivity contribution in [2.75, 3.05) is 0 Å². The van der Waals surface area contributed by atoms with Gasteiger partial charge in [-0.1, -0.05) is 42.0 Å². The largest absolute Gasteiger partial charge is 0.144 e. The maximum absolute atomic E-state index is 2.27. The van der Waals surface area contributed by atoms with Crippen LogP contribution in [0.4, 0.5) is 0 Å². The van der Waals surface area contributed by atoms with Crippen LogP contribution in [0.2, 0.25) is 0 Å². The predicted molar refractivity (Wildman–Crippen MR) is 72.0 cm³/mol. The highest BCUT2D eigenvalue weighted by atomic mass is 32.1. The molecular weight excluding hydrogens is 212 g/mol. The van der Waals surface area contributed by atoms with Crippen molar-refractivity contribution < 1.29 is 0 Å². The Balaban J connectivity index is 2.14. The topological polar surface area (TPSA) is 0 Å². The van der Waals surface area contributed by atoms with Gasteiger partial charge in [-0.25, -0.2) is 0 Å². The fraction of sp³-hybridized carbons (Fsp3) is 0.0667. The van der Waals surface area contributed by atoms with Gasteiger partial charge in [-0.15, -0.1) is 11.3 Å². The van der Waals surface area contributed by atoms with Crippen molar-refractivity contribution in [2.45, 2.75) is 6.92 Å². The van der Waals surface area contributed by atoms with Crippen LogP contribution < -0.4 is 0 Å². The van der Waals surface area contributed by atoms with Crippen LogP contribution in [0.3, 0.4) is 0 Å². The van der Waals surface area contributed by atoms with Crippen molar-refractivity contribution in [2.24, 2.45) is 0 Å². The molecule has 0 nitrogen and oxygen atoms in total. The van der Waals surface area contributed by atoms with Gasteiger partial charge in [-0.3, -0.25) is 0 Å². The van der Waals surface area contributed by atoms with Crippen LogP contribution in [0.1, 0.15) is 5.56 Å². The summed E-state index contributed by atoms with van der Waals surface area (Å²) in [6.45, 7) is 2.12. The molecule has 2 aromatic carbocycles. The molecule has 3 rings (SSSR count). The monoisotopic (exact) mass is 224 g/mol. The molecule has 1 heterocycles. The number of hydrogen-bond donors (Lipinski definition) is 0. The van der Waals surface area contributed by atoms with E-state index in [1.165, 1.54) is 26.8 Å². The lowest BCUT2D eigenvalue weighted by Crippen LogP contribution is -1.77. The van der Waals surface area contributed by atoms with Crippen LogP contribution in [0.15, 0.2) is 53.9 Å². The Morgan fingerprint density at radius 2 is 1.56 bits per heavy atom. The molecule has 0 radical (unpaired) electrons. The standard InChI is InChI=1S/C15H12S/c1-11-2-4-12(5-3-11)14-7-6-13-8-9-16-15(13)10-14/h2-10H,1H3. The lowest BCUT2D eigenvalue weighted by Gasteiger charge is -2.02. The van der Waals surface area contributed by atoms with Gasteiger partial charge >= 0.3 is 0 Å². The molecule has 1 heteroatoms. The van der Waals surface area contributed by atoms with Crippen molar-refractivity contribution in [3.8, 4) is 11.1 Å². The van der Waals surface area contributed by atoms with Crippen molar-refractivity contribution >= 4 is 21.4 Å². The number of hydrogen-bond acceptors (Lipinski definition) is 1. The van der Waals surface area contributed by atoms with Crippen LogP contribution in [0, 0.1) is 6.92 Å². The van der Waals surface area contributed by atoms with E-state index in [0.717, 1.165) is 0 Å². The summed E-state index contributed by atoms with van der Waals surface area (Å²) in [6.07, 6.45) is 0. The molecule has 0 saturated heterocycles. The highest BCUT2D eigenvalue weighted by molar-refractivity contribution is 7.17. The number of benzene rings is 2. The van der Waals surface area contributed by atoms with Gasteiger partial charge < -0.3 is 0 Å². The first-order chi connectivity index (χ1) is 7.83. The lowest BCUT2D eigenvalue weighted by molar-refractivity contribution is 1.47. The van der Waals surface area contributed by atoms with E-state index in [1.54, 1.807) is 11.3 Å². The number of aryl methyl sites for hydroxylation is 1. The lowest BCUT2D eigenvalue weighted by atomic mass is 10.0. The minimum absolute atomic E-state index is 1.29. The molecule has 0 bridgehead atoms. The molecule has 0 unspecified atom stereocenters. The molecule has 1 aromatic heterocycles. The number of rotatable bonds is 1. The Morgan fingerprint density at radius 1 is 0.812 bits per heavy atom. The summed E-state index contributed by atoms with van der Waals surface area (Å²) >= 11 is 1.80. The summed E-state index contributed by atoms with van der Waals surface area (Å²) in [6, 6.07) is 17.5. The molecule has 0 spiro atoms. The van der Waals surface area contributed by atoms with Crippen LogP contribution in [-0.4, -0.2) is 0 Å². The Morgan fingerprint density at radius 3 is 2.38 bits per heavy atom. The minimum atomic E-state index is 1.29. The molecule has 0 aliphatic heterocycles. The van der Waals surface area contributed by atoms with Crippen LogP contribution in [0.5, 0.6) is 0 Å². The highest BCUT2D eigenvalue weighted by Crippen LogP contribution is 2.27. The Kier molecular flexibility index (Phi) is 2.26. The zero-order valence-corrected chi connectivity index (χ0v) is 9.92. The molecule has 3 aromatic rings. The summed E-state index contributed by atoms with van der Waals surface area (Å²) < 4.78 is 1.36. The molecule has 0 amide bonds. The first-order valence-electron chi connectivity index (χ1n) is 5.37. The SMILES string of the molecule is Cc1ccc(-c2ccc3ccsc3c2)cc1. The van der Waals surface area contributed by atoms with Gasteiger partial charge in [0.25, 0.3) is 0 Å². The van der Waals surface area contributed by atoms with Crippen molar-refractivity contribution in [3.63, 3.8) is 0 Å². The third-order valence-corrected chi connectivity index (χ3v) is 3.72. The van der Waals surface area contributed by atoms with E-state index in [4.69, 9.17) is 0 Å². The van der Waals surface area contributed by atoms with Crippen LogP contribution in [0.25, 0.3) is 21.2 Å². The Labute approximate surface area is 99.2 Å². The van der Waals surface area contributed by atoms with Crippen molar-refractivity contribution in [3.05, 3.63) is 59.5 Å². The normalized spacial score (nSPS) is 10.8. The highest BCUT2D eigenvalue weighted by Gasteiger charge is 2.00. The predicted octanol–water partition coefficient (Wildman–Crippen LogP) is 4.88. The molecule has 0 atom stereocenters.